The van der Waals surface area contributed by atoms with Crippen LogP contribution in [-0.2, 0) is 10.0 Å². The van der Waals surface area contributed by atoms with Crippen molar-refractivity contribution in [3.05, 3.63) is 81.0 Å². The molecule has 11 heteroatoms. The average molecular weight is 465 g/mol. The molecule has 0 amide bonds. The molecule has 2 heterocycles. The van der Waals surface area contributed by atoms with Crippen molar-refractivity contribution in [2.75, 3.05) is 0 Å². The summed E-state index contributed by atoms with van der Waals surface area (Å²) in [7, 11) is -4.10. The smallest absolute Gasteiger partial charge is 0.258 e. The zero-order chi connectivity index (χ0) is 21.7. The molecule has 0 radical (unpaired) electrons. The lowest BCUT2D eigenvalue weighted by Crippen LogP contribution is -2.38. The van der Waals surface area contributed by atoms with E-state index in [1.807, 2.05) is 0 Å². The summed E-state index contributed by atoms with van der Waals surface area (Å²) in [5.74, 6) is 0. The van der Waals surface area contributed by atoms with E-state index in [2.05, 4.69) is 9.97 Å². The van der Waals surface area contributed by atoms with E-state index in [1.165, 1.54) is 30.6 Å². The first-order chi connectivity index (χ1) is 14.1. The van der Waals surface area contributed by atoms with Gasteiger partial charge in [-0.2, -0.15) is 0 Å². The number of hydrogen-bond acceptors (Lipinski definition) is 6. The molecule has 0 N–H and O–H groups in total. The Hall–Kier alpha value is -2.75. The highest BCUT2D eigenvalue weighted by atomic mass is 35.5. The van der Waals surface area contributed by atoms with Crippen molar-refractivity contribution in [2.45, 2.75) is 18.1 Å². The van der Waals surface area contributed by atoms with Crippen molar-refractivity contribution in [3.63, 3.8) is 0 Å². The molecule has 1 aliphatic carbocycles. The molecular weight excluding hydrogens is 451 g/mol. The highest BCUT2D eigenvalue weighted by Crippen LogP contribution is 2.39. The second-order valence-electron chi connectivity index (χ2n) is 6.96. The van der Waals surface area contributed by atoms with E-state index in [1.54, 1.807) is 31.2 Å². The van der Waals surface area contributed by atoms with Gasteiger partial charge in [0.25, 0.3) is 5.69 Å². The number of benzene rings is 1. The third kappa shape index (κ3) is 3.19. The lowest BCUT2D eigenvalue weighted by atomic mass is 9.93. The summed E-state index contributed by atoms with van der Waals surface area (Å²) in [4.78, 5) is 18.8. The largest absolute Gasteiger partial charge is 0.294 e. The van der Waals surface area contributed by atoms with Gasteiger partial charge in [0.2, 0.25) is 15.3 Å². The van der Waals surface area contributed by atoms with Crippen LogP contribution in [0.4, 0.5) is 5.69 Å². The lowest BCUT2D eigenvalue weighted by molar-refractivity contribution is -0.383. The summed E-state index contributed by atoms with van der Waals surface area (Å²) in [6.07, 6.45) is 7.57. The number of para-hydroxylation sites is 1. The molecule has 1 atom stereocenters. The Morgan fingerprint density at radius 2 is 2.03 bits per heavy atom. The van der Waals surface area contributed by atoms with Crippen molar-refractivity contribution in [3.8, 4) is 0 Å². The number of non-ortho nitro benzene ring substituents is 1. The second kappa shape index (κ2) is 7.19. The molecule has 0 fully saturated rings. The molecule has 30 heavy (non-hydrogen) atoms. The molecule has 3 aromatic rings. The molecular formula is C19H14Cl2N4O4S. The second-order valence-corrected chi connectivity index (χ2v) is 9.99. The quantitative estimate of drug-likeness (QED) is 0.316. The number of aromatic nitrogens is 3. The van der Waals surface area contributed by atoms with Gasteiger partial charge in [0.1, 0.15) is 10.3 Å². The predicted octanol–water partition coefficient (Wildman–Crippen LogP) is 4.63. The fraction of sp³-hybridized carbons (Fsp3) is 0.158. The number of allylic oxidation sites excluding steroid dienone is 3. The summed E-state index contributed by atoms with van der Waals surface area (Å²) in [6.45, 7) is 1.54. The monoisotopic (exact) mass is 464 g/mol. The number of halogens is 2. The number of rotatable bonds is 4. The molecule has 0 saturated heterocycles. The highest BCUT2D eigenvalue weighted by Gasteiger charge is 2.42. The summed E-state index contributed by atoms with van der Waals surface area (Å²) >= 11 is 12.1. The van der Waals surface area contributed by atoms with E-state index in [0.29, 0.717) is 16.7 Å². The summed E-state index contributed by atoms with van der Waals surface area (Å²) in [6, 6.07) is 5.96. The number of hydrogen-bond donors (Lipinski definition) is 0. The van der Waals surface area contributed by atoms with Crippen LogP contribution in [0, 0.1) is 10.1 Å². The Balaban J connectivity index is 1.84. The van der Waals surface area contributed by atoms with Gasteiger partial charge in [-0.1, -0.05) is 42.0 Å². The fourth-order valence-corrected chi connectivity index (χ4v) is 5.54. The van der Waals surface area contributed by atoms with Gasteiger partial charge in [0.15, 0.2) is 0 Å². The third-order valence-corrected chi connectivity index (χ3v) is 7.75. The van der Waals surface area contributed by atoms with Gasteiger partial charge in [-0.15, -0.1) is 0 Å². The van der Waals surface area contributed by atoms with E-state index in [0.717, 1.165) is 3.97 Å². The summed E-state index contributed by atoms with van der Waals surface area (Å²) in [5, 5.41) is 12.2. The van der Waals surface area contributed by atoms with Crippen molar-refractivity contribution in [1.29, 1.82) is 0 Å². The minimum atomic E-state index is -4.10. The van der Waals surface area contributed by atoms with Gasteiger partial charge in [-0.25, -0.2) is 22.4 Å². The first-order valence-corrected chi connectivity index (χ1v) is 10.9. The zero-order valence-electron chi connectivity index (χ0n) is 15.5. The van der Waals surface area contributed by atoms with E-state index >= 15 is 0 Å². The van der Waals surface area contributed by atoms with Gasteiger partial charge in [-0.05, 0) is 36.6 Å². The first kappa shape index (κ1) is 20.5. The average Bonchev–Trinajstić information content (AvgIpc) is 3.14. The van der Waals surface area contributed by atoms with Crippen LogP contribution < -0.4 is 0 Å². The molecule has 0 saturated carbocycles. The Morgan fingerprint density at radius 3 is 2.77 bits per heavy atom. The van der Waals surface area contributed by atoms with Crippen LogP contribution in [0.3, 0.4) is 0 Å². The maximum Gasteiger partial charge on any atom is 0.294 e. The van der Waals surface area contributed by atoms with Crippen LogP contribution in [0.5, 0.6) is 0 Å². The third-order valence-electron chi connectivity index (χ3n) is 5.01. The van der Waals surface area contributed by atoms with E-state index < -0.39 is 19.7 Å². The fourth-order valence-electron chi connectivity index (χ4n) is 3.49. The predicted molar refractivity (Wildman–Crippen MR) is 115 cm³/mol. The highest BCUT2D eigenvalue weighted by molar-refractivity contribution is 7.91. The molecule has 1 aliphatic rings. The Bertz CT molecular complexity index is 1360. The molecule has 1 aromatic carbocycles. The lowest BCUT2D eigenvalue weighted by Gasteiger charge is -2.30. The van der Waals surface area contributed by atoms with Crippen molar-refractivity contribution in [2.24, 2.45) is 0 Å². The van der Waals surface area contributed by atoms with Gasteiger partial charge in [0.05, 0.1) is 21.8 Å². The Kier molecular flexibility index (Phi) is 4.92. The number of nitro benzene ring substituents is 1. The molecule has 8 nitrogen and oxygen atoms in total. The first-order valence-electron chi connectivity index (χ1n) is 8.70. The number of nitro groups is 1. The molecule has 4 rings (SSSR count). The van der Waals surface area contributed by atoms with Crippen LogP contribution in [0.15, 0.2) is 54.9 Å². The summed E-state index contributed by atoms with van der Waals surface area (Å²) < 4.78 is 26.9. The van der Waals surface area contributed by atoms with Gasteiger partial charge < -0.3 is 0 Å². The van der Waals surface area contributed by atoms with Gasteiger partial charge >= 0.3 is 0 Å². The van der Waals surface area contributed by atoms with Crippen LogP contribution in [0.1, 0.15) is 19.0 Å². The standard InChI is InChI=1S/C19H14Cl2N4O4S/c1-19(8-3-5-13(10-19)16-14(20)11-22-18(21)23-16)30(28,29)24-9-7-12-4-2-6-15(17(12)24)25(26)27/h2-9,11H,10H2,1H3. The van der Waals surface area contributed by atoms with Crippen LogP contribution in [0.2, 0.25) is 10.3 Å². The minimum Gasteiger partial charge on any atom is -0.258 e. The van der Waals surface area contributed by atoms with Gasteiger partial charge in [0, 0.05) is 17.6 Å². The van der Waals surface area contributed by atoms with E-state index in [9.17, 15) is 18.5 Å². The maximum atomic E-state index is 13.7. The maximum absolute atomic E-state index is 13.7. The molecule has 0 spiro atoms. The number of nitrogens with zero attached hydrogens (tertiary/aromatic N) is 4. The number of fused-ring (bicyclic) bond motifs is 1. The molecule has 0 bridgehead atoms. The van der Waals surface area contributed by atoms with Crippen LogP contribution in [0.25, 0.3) is 16.5 Å². The Labute approximate surface area is 181 Å². The van der Waals surface area contributed by atoms with Crippen molar-refractivity contribution >= 4 is 55.4 Å². The zero-order valence-corrected chi connectivity index (χ0v) is 17.8. The molecule has 154 valence electrons. The SMILES string of the molecule is CC1(S(=O)(=O)n2ccc3cccc([N+](=O)[O-])c32)C=CC=C(c2nc(Cl)ncc2Cl)C1. The molecule has 1 unspecified atom stereocenters. The molecule has 2 aromatic heterocycles. The van der Waals surface area contributed by atoms with E-state index in [4.69, 9.17) is 23.2 Å². The van der Waals surface area contributed by atoms with Gasteiger partial charge in [-0.3, -0.25) is 10.1 Å². The van der Waals surface area contributed by atoms with Crippen LogP contribution >= 0.6 is 23.2 Å². The van der Waals surface area contributed by atoms with Crippen molar-refractivity contribution < 1.29 is 13.3 Å². The molecule has 0 aliphatic heterocycles. The van der Waals surface area contributed by atoms with E-state index in [-0.39, 0.29) is 27.9 Å². The van der Waals surface area contributed by atoms with Crippen molar-refractivity contribution in [1.82, 2.24) is 13.9 Å². The Morgan fingerprint density at radius 1 is 1.27 bits per heavy atom. The summed E-state index contributed by atoms with van der Waals surface area (Å²) in [5.41, 5.74) is 0.636. The minimum absolute atomic E-state index is 0.0126. The topological polar surface area (TPSA) is 108 Å². The normalized spacial score (nSPS) is 19.1. The van der Waals surface area contributed by atoms with Crippen LogP contribution in [-0.4, -0.2) is 32.0 Å².